The molecule has 20 heavy (non-hydrogen) atoms. The maximum atomic E-state index is 5.72. The Morgan fingerprint density at radius 2 is 2.00 bits per heavy atom. The van der Waals surface area contributed by atoms with Crippen LogP contribution in [0.4, 0.5) is 5.95 Å². The Hall–Kier alpha value is -1.89. The highest BCUT2D eigenvalue weighted by Gasteiger charge is 2.04. The molecule has 1 aromatic carbocycles. The number of rotatable bonds is 8. The number of hydrogen-bond acceptors (Lipinski definition) is 6. The van der Waals surface area contributed by atoms with Gasteiger partial charge in [0.2, 0.25) is 11.1 Å². The molecule has 0 amide bonds. The normalized spacial score (nSPS) is 10.4. The Labute approximate surface area is 122 Å². The van der Waals surface area contributed by atoms with E-state index in [9.17, 15) is 0 Å². The molecule has 0 spiro atoms. The topological polar surface area (TPSA) is 86.0 Å². The van der Waals surface area contributed by atoms with E-state index < -0.39 is 0 Å². The van der Waals surface area contributed by atoms with Crippen molar-refractivity contribution in [3.63, 3.8) is 0 Å². The maximum Gasteiger partial charge on any atom is 0.216 e. The molecule has 0 aliphatic carbocycles. The number of H-pyrrole nitrogens is 1. The summed E-state index contributed by atoms with van der Waals surface area (Å²) < 4.78 is 11.2. The van der Waals surface area contributed by atoms with E-state index in [1.807, 2.05) is 31.2 Å². The minimum absolute atomic E-state index is 0.342. The summed E-state index contributed by atoms with van der Waals surface area (Å²) in [5, 5.41) is 7.22. The van der Waals surface area contributed by atoms with Crippen LogP contribution in [-0.2, 0) is 0 Å². The predicted octanol–water partition coefficient (Wildman–Crippen LogP) is 2.35. The zero-order valence-electron chi connectivity index (χ0n) is 11.3. The van der Waals surface area contributed by atoms with E-state index in [4.69, 9.17) is 15.2 Å². The van der Waals surface area contributed by atoms with Gasteiger partial charge < -0.3 is 15.2 Å². The van der Waals surface area contributed by atoms with Gasteiger partial charge in [-0.1, -0.05) is 23.9 Å². The van der Waals surface area contributed by atoms with Crippen LogP contribution in [0.2, 0.25) is 0 Å². The highest BCUT2D eigenvalue weighted by Crippen LogP contribution is 2.26. The molecule has 0 atom stereocenters. The van der Waals surface area contributed by atoms with Crippen LogP contribution in [0, 0.1) is 0 Å². The van der Waals surface area contributed by atoms with Crippen molar-refractivity contribution in [1.82, 2.24) is 15.2 Å². The van der Waals surface area contributed by atoms with Gasteiger partial charge in [0, 0.05) is 5.75 Å². The van der Waals surface area contributed by atoms with Crippen molar-refractivity contribution in [2.45, 2.75) is 18.5 Å². The predicted molar refractivity (Wildman–Crippen MR) is 79.2 cm³/mol. The number of nitrogens with zero attached hydrogens (tertiary/aromatic N) is 2. The number of hydrogen-bond donors (Lipinski definition) is 2. The van der Waals surface area contributed by atoms with Crippen LogP contribution in [0.25, 0.3) is 0 Å². The van der Waals surface area contributed by atoms with E-state index in [1.165, 1.54) is 0 Å². The van der Waals surface area contributed by atoms with Gasteiger partial charge in [0.15, 0.2) is 11.5 Å². The first kappa shape index (κ1) is 14.5. The van der Waals surface area contributed by atoms with Crippen molar-refractivity contribution in [3.05, 3.63) is 24.3 Å². The fourth-order valence-corrected chi connectivity index (χ4v) is 2.29. The third-order valence-electron chi connectivity index (χ3n) is 2.41. The number of ether oxygens (including phenoxy) is 2. The fourth-order valence-electron chi connectivity index (χ4n) is 1.57. The van der Waals surface area contributed by atoms with Crippen LogP contribution in [0.1, 0.15) is 13.3 Å². The Balaban J connectivity index is 1.70. The Morgan fingerprint density at radius 3 is 2.65 bits per heavy atom. The van der Waals surface area contributed by atoms with Gasteiger partial charge in [-0.2, -0.15) is 4.98 Å². The van der Waals surface area contributed by atoms with E-state index in [1.54, 1.807) is 11.8 Å². The number of para-hydroxylation sites is 2. The minimum Gasteiger partial charge on any atom is -0.490 e. The van der Waals surface area contributed by atoms with Crippen molar-refractivity contribution < 1.29 is 9.47 Å². The summed E-state index contributed by atoms with van der Waals surface area (Å²) in [6, 6.07) is 7.68. The molecule has 0 fully saturated rings. The van der Waals surface area contributed by atoms with Crippen LogP contribution < -0.4 is 15.2 Å². The average molecular weight is 294 g/mol. The molecular weight excluding hydrogens is 276 g/mol. The van der Waals surface area contributed by atoms with E-state index in [-0.39, 0.29) is 0 Å². The molecule has 0 aliphatic rings. The highest BCUT2D eigenvalue weighted by atomic mass is 32.2. The second kappa shape index (κ2) is 7.64. The largest absolute Gasteiger partial charge is 0.490 e. The van der Waals surface area contributed by atoms with Gasteiger partial charge in [-0.25, -0.2) is 5.10 Å². The number of anilines is 1. The van der Waals surface area contributed by atoms with Gasteiger partial charge in [0.05, 0.1) is 13.2 Å². The number of aromatic amines is 1. The van der Waals surface area contributed by atoms with Crippen molar-refractivity contribution in [2.24, 2.45) is 0 Å². The fraction of sp³-hybridized carbons (Fsp3) is 0.385. The summed E-state index contributed by atoms with van der Waals surface area (Å²) in [4.78, 5) is 4.02. The molecule has 108 valence electrons. The van der Waals surface area contributed by atoms with Crippen LogP contribution in [0.3, 0.4) is 0 Å². The zero-order chi connectivity index (χ0) is 14.2. The number of nitrogens with one attached hydrogen (secondary N) is 1. The standard InChI is InChI=1S/C13H18N4O2S/c1-2-18-10-6-3-4-7-11(10)19-8-5-9-20-13-15-12(14)16-17-13/h3-4,6-7H,2,5,8-9H2,1H3,(H3,14,15,16,17). The molecular formula is C13H18N4O2S. The molecule has 2 rings (SSSR count). The molecule has 6 nitrogen and oxygen atoms in total. The highest BCUT2D eigenvalue weighted by molar-refractivity contribution is 7.99. The smallest absolute Gasteiger partial charge is 0.216 e. The number of benzene rings is 1. The first-order chi connectivity index (χ1) is 9.79. The van der Waals surface area contributed by atoms with Gasteiger partial charge >= 0.3 is 0 Å². The SMILES string of the molecule is CCOc1ccccc1OCCCSc1n[nH]c(N)n1. The van der Waals surface area contributed by atoms with Crippen LogP contribution in [-0.4, -0.2) is 34.1 Å². The van der Waals surface area contributed by atoms with Gasteiger partial charge in [-0.05, 0) is 25.5 Å². The lowest BCUT2D eigenvalue weighted by Gasteiger charge is -2.11. The lowest BCUT2D eigenvalue weighted by molar-refractivity contribution is 0.277. The van der Waals surface area contributed by atoms with Crippen molar-refractivity contribution in [1.29, 1.82) is 0 Å². The molecule has 0 saturated carbocycles. The molecule has 1 heterocycles. The molecule has 7 heteroatoms. The molecule has 0 aliphatic heterocycles. The first-order valence-electron chi connectivity index (χ1n) is 6.45. The summed E-state index contributed by atoms with van der Waals surface area (Å²) >= 11 is 1.55. The first-order valence-corrected chi connectivity index (χ1v) is 7.43. The molecule has 0 unspecified atom stereocenters. The van der Waals surface area contributed by atoms with Gasteiger partial charge in [-0.3, -0.25) is 0 Å². The second-order valence-corrected chi connectivity index (χ2v) is 5.00. The van der Waals surface area contributed by atoms with E-state index in [2.05, 4.69) is 15.2 Å². The molecule has 1 aromatic heterocycles. The summed E-state index contributed by atoms with van der Waals surface area (Å²) in [6.45, 7) is 3.20. The zero-order valence-corrected chi connectivity index (χ0v) is 12.2. The lowest BCUT2D eigenvalue weighted by atomic mass is 10.3. The van der Waals surface area contributed by atoms with Crippen molar-refractivity contribution in [2.75, 3.05) is 24.7 Å². The lowest BCUT2D eigenvalue weighted by Crippen LogP contribution is -2.01. The van der Waals surface area contributed by atoms with E-state index in [0.29, 0.717) is 24.3 Å². The van der Waals surface area contributed by atoms with Crippen LogP contribution >= 0.6 is 11.8 Å². The molecule has 2 aromatic rings. The summed E-state index contributed by atoms with van der Waals surface area (Å²) in [6.07, 6.45) is 0.888. The number of nitrogens with two attached hydrogens (primary N) is 1. The van der Waals surface area contributed by atoms with E-state index >= 15 is 0 Å². The third-order valence-corrected chi connectivity index (χ3v) is 3.34. The molecule has 0 saturated heterocycles. The van der Waals surface area contributed by atoms with Crippen molar-refractivity contribution >= 4 is 17.7 Å². The summed E-state index contributed by atoms with van der Waals surface area (Å²) in [5.41, 5.74) is 5.45. The van der Waals surface area contributed by atoms with Crippen LogP contribution in [0.15, 0.2) is 29.4 Å². The number of aromatic nitrogens is 3. The van der Waals surface area contributed by atoms with Gasteiger partial charge in [-0.15, -0.1) is 5.10 Å². The summed E-state index contributed by atoms with van der Waals surface area (Å²) in [7, 11) is 0. The molecule has 3 N–H and O–H groups in total. The van der Waals surface area contributed by atoms with Crippen LogP contribution in [0.5, 0.6) is 11.5 Å². The maximum absolute atomic E-state index is 5.72. The summed E-state index contributed by atoms with van der Waals surface area (Å²) in [5.74, 6) is 2.77. The Bertz CT molecular complexity index is 533. The quantitative estimate of drug-likeness (QED) is 0.574. The van der Waals surface area contributed by atoms with Gasteiger partial charge in [0.25, 0.3) is 0 Å². The molecule has 0 bridgehead atoms. The Kier molecular flexibility index (Phi) is 5.55. The average Bonchev–Trinajstić information content (AvgIpc) is 2.86. The molecule has 0 radical (unpaired) electrons. The number of nitrogen functional groups attached to an aromatic ring is 1. The van der Waals surface area contributed by atoms with E-state index in [0.717, 1.165) is 23.7 Å². The van der Waals surface area contributed by atoms with Gasteiger partial charge in [0.1, 0.15) is 0 Å². The Morgan fingerprint density at radius 1 is 1.25 bits per heavy atom. The monoisotopic (exact) mass is 294 g/mol. The second-order valence-electron chi connectivity index (χ2n) is 3.93. The minimum atomic E-state index is 0.342. The van der Waals surface area contributed by atoms with Crippen molar-refractivity contribution in [3.8, 4) is 11.5 Å². The third kappa shape index (κ3) is 4.34. The number of thioether (sulfide) groups is 1.